The van der Waals surface area contributed by atoms with Crippen LogP contribution in [0.5, 0.6) is 5.75 Å². The molecule has 5 rings (SSSR count). The summed E-state index contributed by atoms with van der Waals surface area (Å²) >= 11 is 0. The SMILES string of the molecule is COc1ccccc1-c1ccc2c(C3CN(Cc4cccnc4)CCN3C)nnn2c1.O=C(O)C(F)(F)F.O=C(O)C(F)(F)F.O=C(O)C(F)(F)F. The number of carbonyl (C=O) groups is 3. The van der Waals surface area contributed by atoms with Gasteiger partial charge in [0, 0.05) is 55.9 Å². The third-order valence-corrected chi connectivity index (χ3v) is 6.76. The van der Waals surface area contributed by atoms with E-state index in [0.29, 0.717) is 0 Å². The second-order valence-electron chi connectivity index (χ2n) is 10.4. The molecule has 1 atom stereocenters. The lowest BCUT2D eigenvalue weighted by Gasteiger charge is -2.38. The number of methoxy groups -OCH3 is 1. The van der Waals surface area contributed by atoms with Gasteiger partial charge in [0.2, 0.25) is 0 Å². The predicted molar refractivity (Wildman–Crippen MR) is 161 cm³/mol. The van der Waals surface area contributed by atoms with Gasteiger partial charge in [-0.1, -0.05) is 35.5 Å². The van der Waals surface area contributed by atoms with Gasteiger partial charge in [-0.25, -0.2) is 18.9 Å². The number of alkyl halides is 9. The highest BCUT2D eigenvalue weighted by atomic mass is 19.4. The van der Waals surface area contributed by atoms with E-state index in [1.165, 1.54) is 5.56 Å². The zero-order chi connectivity index (χ0) is 39.4. The predicted octanol–water partition coefficient (Wildman–Crippen LogP) is 5.19. The van der Waals surface area contributed by atoms with Crippen LogP contribution in [-0.4, -0.2) is 115 Å². The van der Waals surface area contributed by atoms with Gasteiger partial charge in [0.25, 0.3) is 0 Å². The highest BCUT2D eigenvalue weighted by Crippen LogP contribution is 2.32. The number of rotatable bonds is 5. The average Bonchev–Trinajstić information content (AvgIpc) is 3.49. The molecule has 4 heterocycles. The number of carboxylic acid groups (broad SMARTS) is 3. The third-order valence-electron chi connectivity index (χ3n) is 6.76. The van der Waals surface area contributed by atoms with E-state index in [1.54, 1.807) is 7.11 Å². The van der Waals surface area contributed by atoms with Crippen molar-refractivity contribution in [3.63, 3.8) is 0 Å². The van der Waals surface area contributed by atoms with Crippen LogP contribution in [0.4, 0.5) is 39.5 Å². The summed E-state index contributed by atoms with van der Waals surface area (Å²) in [4.78, 5) is 35.8. The number of likely N-dealkylation sites (N-methyl/N-ethyl adjacent to an activating group) is 1. The molecule has 1 aliphatic rings. The lowest BCUT2D eigenvalue weighted by atomic mass is 10.0. The standard InChI is InChI=1S/C24H26N6O.3C2HF3O2/c1-28-12-13-29(15-18-6-5-11-25-14-18)17-22(28)24-21-10-9-19(16-30(21)27-26-24)20-7-3-4-8-23(20)31-2;3*3-2(4,5)1(6)7/h3-11,14,16,22H,12-13,15,17H2,1-2H3;3*(H,6,7). The first-order valence-electron chi connectivity index (χ1n) is 14.3. The molecular weight excluding hydrogens is 727 g/mol. The van der Waals surface area contributed by atoms with Crippen LogP contribution in [0.2, 0.25) is 0 Å². The Bertz CT molecular complexity index is 1730. The number of carboxylic acids is 3. The molecular formula is C30H29F9N6O7. The second-order valence-corrected chi connectivity index (χ2v) is 10.4. The van der Waals surface area contributed by atoms with E-state index in [-0.39, 0.29) is 6.04 Å². The summed E-state index contributed by atoms with van der Waals surface area (Å²) in [6.45, 7) is 3.83. The molecule has 0 spiro atoms. The molecule has 52 heavy (non-hydrogen) atoms. The molecule has 0 amide bonds. The van der Waals surface area contributed by atoms with E-state index in [1.807, 2.05) is 47.4 Å². The molecule has 0 aliphatic carbocycles. The maximum absolute atomic E-state index is 10.6. The Kier molecular flexibility index (Phi) is 14.9. The van der Waals surface area contributed by atoms with Crippen LogP contribution < -0.4 is 4.74 Å². The molecule has 0 bridgehead atoms. The Morgan fingerprint density at radius 1 is 0.827 bits per heavy atom. The minimum atomic E-state index is -5.08. The first-order chi connectivity index (χ1) is 24.1. The van der Waals surface area contributed by atoms with Crippen LogP contribution >= 0.6 is 0 Å². The van der Waals surface area contributed by atoms with Gasteiger partial charge in [-0.15, -0.1) is 5.10 Å². The quantitative estimate of drug-likeness (QED) is 0.228. The number of pyridine rings is 2. The Balaban J connectivity index is 0.000000365. The lowest BCUT2D eigenvalue weighted by Crippen LogP contribution is -2.46. The number of hydrogen-bond donors (Lipinski definition) is 3. The molecule has 1 unspecified atom stereocenters. The fourth-order valence-corrected chi connectivity index (χ4v) is 4.31. The smallest absolute Gasteiger partial charge is 0.490 e. The van der Waals surface area contributed by atoms with Crippen LogP contribution in [0.15, 0.2) is 67.1 Å². The van der Waals surface area contributed by atoms with Crippen LogP contribution in [-0.2, 0) is 20.9 Å². The molecule has 1 saturated heterocycles. The van der Waals surface area contributed by atoms with Gasteiger partial charge < -0.3 is 20.1 Å². The van der Waals surface area contributed by atoms with Crippen molar-refractivity contribution >= 4 is 23.4 Å². The maximum Gasteiger partial charge on any atom is 0.490 e. The summed E-state index contributed by atoms with van der Waals surface area (Å²) in [5.74, 6) is -7.42. The van der Waals surface area contributed by atoms with Crippen molar-refractivity contribution in [1.82, 2.24) is 29.6 Å². The molecule has 0 saturated carbocycles. The minimum Gasteiger partial charge on any atom is -0.496 e. The molecule has 3 aromatic heterocycles. The molecule has 3 N–H and O–H groups in total. The molecule has 22 heteroatoms. The summed E-state index contributed by atoms with van der Waals surface area (Å²) in [7, 11) is 3.86. The Morgan fingerprint density at radius 2 is 1.38 bits per heavy atom. The Hall–Kier alpha value is -5.51. The van der Waals surface area contributed by atoms with Gasteiger partial charge in [0.15, 0.2) is 0 Å². The molecule has 1 aliphatic heterocycles. The van der Waals surface area contributed by atoms with E-state index in [4.69, 9.17) is 34.4 Å². The number of piperazine rings is 1. The van der Waals surface area contributed by atoms with Crippen molar-refractivity contribution in [1.29, 1.82) is 0 Å². The fraction of sp³-hybridized carbons (Fsp3) is 0.333. The number of halogens is 9. The summed E-state index contributed by atoms with van der Waals surface area (Å²) < 4.78 is 103. The van der Waals surface area contributed by atoms with Crippen molar-refractivity contribution in [2.24, 2.45) is 0 Å². The molecule has 4 aromatic rings. The summed E-state index contributed by atoms with van der Waals surface area (Å²) in [6.07, 6.45) is -9.46. The Morgan fingerprint density at radius 3 is 1.88 bits per heavy atom. The minimum absolute atomic E-state index is 0.194. The van der Waals surface area contributed by atoms with Crippen molar-refractivity contribution in [2.45, 2.75) is 31.1 Å². The van der Waals surface area contributed by atoms with Gasteiger partial charge in [-0.2, -0.15) is 39.5 Å². The van der Waals surface area contributed by atoms with E-state index in [2.05, 4.69) is 56.4 Å². The number of fused-ring (bicyclic) bond motifs is 1. The van der Waals surface area contributed by atoms with E-state index >= 15 is 0 Å². The molecule has 0 radical (unpaired) electrons. The first-order valence-corrected chi connectivity index (χ1v) is 14.3. The number of aliphatic carboxylic acids is 3. The van der Waals surface area contributed by atoms with Crippen LogP contribution in [0.1, 0.15) is 17.3 Å². The van der Waals surface area contributed by atoms with Crippen LogP contribution in [0.25, 0.3) is 16.6 Å². The maximum atomic E-state index is 10.6. The van der Waals surface area contributed by atoms with Gasteiger partial charge in [-0.3, -0.25) is 14.8 Å². The number of aromatic nitrogens is 4. The van der Waals surface area contributed by atoms with Gasteiger partial charge in [0.1, 0.15) is 11.4 Å². The Labute approximate surface area is 287 Å². The van der Waals surface area contributed by atoms with Crippen molar-refractivity contribution in [3.05, 3.63) is 78.4 Å². The van der Waals surface area contributed by atoms with E-state index in [9.17, 15) is 39.5 Å². The fourth-order valence-electron chi connectivity index (χ4n) is 4.31. The zero-order valence-corrected chi connectivity index (χ0v) is 26.8. The molecule has 1 aromatic carbocycles. The summed E-state index contributed by atoms with van der Waals surface area (Å²) in [5, 5.41) is 30.4. The third kappa shape index (κ3) is 13.0. The van der Waals surface area contributed by atoms with Gasteiger partial charge >= 0.3 is 36.4 Å². The van der Waals surface area contributed by atoms with Gasteiger partial charge in [0.05, 0.1) is 18.7 Å². The van der Waals surface area contributed by atoms with Crippen molar-refractivity contribution in [2.75, 3.05) is 33.8 Å². The number of benzene rings is 1. The van der Waals surface area contributed by atoms with Crippen molar-refractivity contribution in [3.8, 4) is 16.9 Å². The van der Waals surface area contributed by atoms with Crippen molar-refractivity contribution < 1.29 is 74.0 Å². The molecule has 13 nitrogen and oxygen atoms in total. The number of nitrogens with zero attached hydrogens (tertiary/aromatic N) is 6. The van der Waals surface area contributed by atoms with E-state index in [0.717, 1.165) is 54.3 Å². The van der Waals surface area contributed by atoms with E-state index < -0.39 is 36.4 Å². The monoisotopic (exact) mass is 756 g/mol. The van der Waals surface area contributed by atoms with Crippen LogP contribution in [0, 0.1) is 0 Å². The number of para-hydroxylation sites is 1. The normalized spacial score (nSPS) is 15.2. The number of hydrogen-bond acceptors (Lipinski definition) is 9. The summed E-state index contributed by atoms with van der Waals surface area (Å²) in [5.41, 5.74) is 5.39. The largest absolute Gasteiger partial charge is 0.496 e. The molecule has 284 valence electrons. The summed E-state index contributed by atoms with van der Waals surface area (Å²) in [6, 6.07) is 16.6. The second kappa shape index (κ2) is 18.1. The number of ether oxygens (including phenoxy) is 1. The topological polar surface area (TPSA) is 171 Å². The van der Waals surface area contributed by atoms with Gasteiger partial charge in [-0.05, 0) is 30.8 Å². The van der Waals surface area contributed by atoms with Crippen LogP contribution in [0.3, 0.4) is 0 Å². The first kappa shape index (κ1) is 42.7. The zero-order valence-electron chi connectivity index (χ0n) is 26.8. The molecule has 1 fully saturated rings. The highest BCUT2D eigenvalue weighted by molar-refractivity contribution is 5.74. The average molecular weight is 757 g/mol. The lowest BCUT2D eigenvalue weighted by molar-refractivity contribution is -0.193. The highest BCUT2D eigenvalue weighted by Gasteiger charge is 2.39.